The van der Waals surface area contributed by atoms with Gasteiger partial charge in [0.05, 0.1) is 21.2 Å². The minimum Gasteiger partial charge on any atom is -0.335 e. The highest BCUT2D eigenvalue weighted by atomic mass is 32.2. The van der Waals surface area contributed by atoms with E-state index >= 15 is 0 Å². The number of nitrogens with one attached hydrogen (secondary N) is 1. The third-order valence-corrected chi connectivity index (χ3v) is 5.08. The molecule has 0 fully saturated rings. The van der Waals surface area contributed by atoms with Gasteiger partial charge in [-0.1, -0.05) is 6.92 Å². The lowest BCUT2D eigenvalue weighted by molar-refractivity contribution is -0.0328. The van der Waals surface area contributed by atoms with E-state index in [2.05, 4.69) is 19.9 Å². The lowest BCUT2D eigenvalue weighted by atomic mass is 10.3. The molecule has 1 atom stereocenters. The van der Waals surface area contributed by atoms with Crippen molar-refractivity contribution in [2.75, 3.05) is 5.75 Å². The second-order valence-corrected chi connectivity index (χ2v) is 7.51. The third kappa shape index (κ3) is 3.59. The van der Waals surface area contributed by atoms with Crippen LogP contribution in [0.1, 0.15) is 6.92 Å². The number of pyridine rings is 2. The maximum Gasteiger partial charge on any atom is 0.446 e. The van der Waals surface area contributed by atoms with E-state index in [1.165, 1.54) is 12.3 Å². The predicted molar refractivity (Wildman–Crippen MR) is 86.0 cm³/mol. The first-order chi connectivity index (χ1) is 11.4. The second-order valence-electron chi connectivity index (χ2n) is 4.66. The van der Waals surface area contributed by atoms with Crippen molar-refractivity contribution in [3.05, 3.63) is 30.6 Å². The van der Waals surface area contributed by atoms with Crippen LogP contribution < -0.4 is 0 Å². The zero-order valence-electron chi connectivity index (χ0n) is 12.3. The third-order valence-electron chi connectivity index (χ3n) is 3.05. The maximum absolute atomic E-state index is 12.5. The number of nitrogens with zero attached hydrogens (tertiary/aromatic N) is 3. The summed E-state index contributed by atoms with van der Waals surface area (Å²) in [4.78, 5) is 15.8. The smallest absolute Gasteiger partial charge is 0.335 e. The van der Waals surface area contributed by atoms with Gasteiger partial charge in [0.15, 0.2) is 11.5 Å². The molecule has 0 radical (unpaired) electrons. The van der Waals surface area contributed by atoms with E-state index in [-0.39, 0.29) is 22.3 Å². The minimum absolute atomic E-state index is 0.0384. The van der Waals surface area contributed by atoms with Crippen LogP contribution in [0.4, 0.5) is 13.2 Å². The van der Waals surface area contributed by atoms with Crippen LogP contribution in [0.2, 0.25) is 0 Å². The van der Waals surface area contributed by atoms with Gasteiger partial charge in [-0.15, -0.1) is 0 Å². The van der Waals surface area contributed by atoms with Crippen LogP contribution in [0.15, 0.2) is 40.4 Å². The summed E-state index contributed by atoms with van der Waals surface area (Å²) in [6.45, 7) is 1.79. The Morgan fingerprint density at radius 3 is 2.83 bits per heavy atom. The molecule has 3 rings (SSSR count). The van der Waals surface area contributed by atoms with Crippen molar-refractivity contribution in [2.24, 2.45) is 0 Å². The van der Waals surface area contributed by atoms with Gasteiger partial charge in [0, 0.05) is 23.0 Å². The molecule has 10 heteroatoms. The van der Waals surface area contributed by atoms with Gasteiger partial charge >= 0.3 is 5.51 Å². The molecule has 3 aromatic rings. The minimum atomic E-state index is -4.38. The molecule has 5 nitrogen and oxygen atoms in total. The Hall–Kier alpha value is -1.94. The number of alkyl halides is 3. The van der Waals surface area contributed by atoms with Crippen LogP contribution in [0, 0.1) is 0 Å². The number of H-pyrrole nitrogens is 1. The van der Waals surface area contributed by atoms with Crippen molar-refractivity contribution in [1.82, 2.24) is 19.9 Å². The fourth-order valence-corrected chi connectivity index (χ4v) is 3.55. The Morgan fingerprint density at radius 2 is 2.12 bits per heavy atom. The molecule has 0 bridgehead atoms. The fraction of sp³-hybridized carbons (Fsp3) is 0.214. The summed E-state index contributed by atoms with van der Waals surface area (Å²) in [5.74, 6) is 0.743. The molecule has 0 amide bonds. The molecule has 0 spiro atoms. The normalized spacial score (nSPS) is 13.3. The first-order valence-corrected chi connectivity index (χ1v) is 8.96. The summed E-state index contributed by atoms with van der Waals surface area (Å²) in [5, 5.41) is 0. The lowest BCUT2D eigenvalue weighted by Gasteiger charge is -2.04. The second kappa shape index (κ2) is 6.52. The molecule has 1 N–H and O–H groups in total. The van der Waals surface area contributed by atoms with E-state index in [0.29, 0.717) is 27.7 Å². The largest absolute Gasteiger partial charge is 0.446 e. The van der Waals surface area contributed by atoms with Gasteiger partial charge in [0.2, 0.25) is 0 Å². The Bertz CT molecular complexity index is 910. The topological polar surface area (TPSA) is 71.5 Å². The molecule has 0 aromatic carbocycles. The van der Waals surface area contributed by atoms with E-state index in [1.807, 2.05) is 0 Å². The molecule has 0 aliphatic heterocycles. The van der Waals surface area contributed by atoms with E-state index in [0.717, 1.165) is 6.20 Å². The van der Waals surface area contributed by atoms with E-state index in [1.54, 1.807) is 19.1 Å². The average Bonchev–Trinajstić information content (AvgIpc) is 2.95. The summed E-state index contributed by atoms with van der Waals surface area (Å²) in [5.41, 5.74) is -3.35. The molecule has 3 aromatic heterocycles. The molecular weight excluding hydrogens is 361 g/mol. The Morgan fingerprint density at radius 1 is 1.33 bits per heavy atom. The number of thioether (sulfide) groups is 1. The summed E-state index contributed by atoms with van der Waals surface area (Å²) >= 11 is -0.242. The van der Waals surface area contributed by atoms with Gasteiger partial charge in [0.1, 0.15) is 5.69 Å². The summed E-state index contributed by atoms with van der Waals surface area (Å²) in [7, 11) is -1.24. The monoisotopic (exact) mass is 372 g/mol. The number of hydrogen-bond acceptors (Lipinski definition) is 5. The SMILES string of the molecule is CCS(=O)c1cccnc1-c1nc2ncc(SC(F)(F)F)cc2[nH]1. The molecule has 0 saturated heterocycles. The van der Waals surface area contributed by atoms with E-state index < -0.39 is 16.3 Å². The van der Waals surface area contributed by atoms with Crippen molar-refractivity contribution in [3.63, 3.8) is 0 Å². The molecular formula is C14H11F3N4OS2. The first kappa shape index (κ1) is 16.9. The number of halogens is 3. The average molecular weight is 372 g/mol. The number of hydrogen-bond donors (Lipinski definition) is 1. The van der Waals surface area contributed by atoms with Gasteiger partial charge in [0.25, 0.3) is 0 Å². The number of imidazole rings is 1. The molecule has 0 aliphatic rings. The van der Waals surface area contributed by atoms with Gasteiger partial charge < -0.3 is 4.98 Å². The van der Waals surface area contributed by atoms with Crippen LogP contribution in [0.25, 0.3) is 22.7 Å². The quantitative estimate of drug-likeness (QED) is 0.706. The zero-order chi connectivity index (χ0) is 17.3. The highest BCUT2D eigenvalue weighted by molar-refractivity contribution is 8.00. The molecule has 24 heavy (non-hydrogen) atoms. The van der Waals surface area contributed by atoms with Crippen LogP contribution in [-0.2, 0) is 10.8 Å². The van der Waals surface area contributed by atoms with Crippen molar-refractivity contribution in [2.45, 2.75) is 22.2 Å². The van der Waals surface area contributed by atoms with Gasteiger partial charge in [-0.05, 0) is 30.0 Å². The zero-order valence-corrected chi connectivity index (χ0v) is 13.9. The predicted octanol–water partition coefficient (Wildman–Crippen LogP) is 3.76. The Kier molecular flexibility index (Phi) is 4.59. The summed E-state index contributed by atoms with van der Waals surface area (Å²) in [6, 6.07) is 4.69. The van der Waals surface area contributed by atoms with Crippen molar-refractivity contribution >= 4 is 33.7 Å². The highest BCUT2D eigenvalue weighted by Gasteiger charge is 2.29. The van der Waals surface area contributed by atoms with E-state index in [4.69, 9.17) is 0 Å². The standard InChI is InChI=1S/C14H11F3N4OS2/c1-2-24(22)10-4-3-5-18-11(10)13-20-9-6-8(23-14(15,16)17)7-19-12(9)21-13/h3-7H,2H2,1H3,(H,19,20,21). The maximum atomic E-state index is 12.5. The Labute approximate surface area is 141 Å². The van der Waals surface area contributed by atoms with Gasteiger partial charge in [-0.2, -0.15) is 13.2 Å². The summed E-state index contributed by atoms with van der Waals surface area (Å²) in [6.07, 6.45) is 2.66. The van der Waals surface area contributed by atoms with E-state index in [9.17, 15) is 17.4 Å². The van der Waals surface area contributed by atoms with Crippen molar-refractivity contribution < 1.29 is 17.4 Å². The number of aromatic nitrogens is 4. The van der Waals surface area contributed by atoms with Gasteiger partial charge in [-0.3, -0.25) is 9.19 Å². The molecule has 1 unspecified atom stereocenters. The number of fused-ring (bicyclic) bond motifs is 1. The molecule has 126 valence electrons. The molecule has 0 saturated carbocycles. The van der Waals surface area contributed by atoms with Crippen LogP contribution in [-0.4, -0.2) is 35.4 Å². The molecule has 0 aliphatic carbocycles. The number of rotatable bonds is 4. The molecule has 3 heterocycles. The first-order valence-electron chi connectivity index (χ1n) is 6.82. The Balaban J connectivity index is 2.05. The van der Waals surface area contributed by atoms with Gasteiger partial charge in [-0.25, -0.2) is 9.97 Å². The summed E-state index contributed by atoms with van der Waals surface area (Å²) < 4.78 is 49.5. The van der Waals surface area contributed by atoms with Crippen molar-refractivity contribution in [1.29, 1.82) is 0 Å². The van der Waals surface area contributed by atoms with Crippen molar-refractivity contribution in [3.8, 4) is 11.5 Å². The lowest BCUT2D eigenvalue weighted by Crippen LogP contribution is -1.99. The van der Waals surface area contributed by atoms with Crippen LogP contribution in [0.5, 0.6) is 0 Å². The van der Waals surface area contributed by atoms with Crippen LogP contribution in [0.3, 0.4) is 0 Å². The number of aromatic amines is 1. The fourth-order valence-electron chi connectivity index (χ4n) is 2.09. The highest BCUT2D eigenvalue weighted by Crippen LogP contribution is 2.37. The van der Waals surface area contributed by atoms with Crippen LogP contribution >= 0.6 is 11.8 Å².